The summed E-state index contributed by atoms with van der Waals surface area (Å²) in [5, 5.41) is 14.3. The van der Waals surface area contributed by atoms with E-state index in [1.807, 2.05) is 19.1 Å². The normalized spacial score (nSPS) is 11.7. The molecule has 3 N–H and O–H groups in total. The second kappa shape index (κ2) is 6.64. The fraction of sp³-hybridized carbons (Fsp3) is 0.385. The molecule has 0 saturated carbocycles. The summed E-state index contributed by atoms with van der Waals surface area (Å²) in [7, 11) is 1.59. The maximum Gasteiger partial charge on any atom is 0.303 e. The van der Waals surface area contributed by atoms with Crippen LogP contribution in [0.5, 0.6) is 0 Å². The Balaban J connectivity index is 2.53. The van der Waals surface area contributed by atoms with E-state index in [1.165, 1.54) is 0 Å². The van der Waals surface area contributed by atoms with Crippen molar-refractivity contribution in [3.63, 3.8) is 0 Å². The van der Waals surface area contributed by atoms with Crippen LogP contribution in [0, 0.1) is 0 Å². The number of rotatable bonds is 6. The van der Waals surface area contributed by atoms with E-state index in [1.54, 1.807) is 19.2 Å². The molecule has 0 fully saturated rings. The van der Waals surface area contributed by atoms with Crippen LogP contribution in [0.3, 0.4) is 0 Å². The molecule has 5 heteroatoms. The lowest BCUT2D eigenvalue weighted by molar-refractivity contribution is -0.137. The van der Waals surface area contributed by atoms with E-state index >= 15 is 0 Å². The molecule has 1 aromatic carbocycles. The molecule has 1 rings (SSSR count). The summed E-state index contributed by atoms with van der Waals surface area (Å²) >= 11 is 0. The first-order chi connectivity index (χ1) is 8.52. The van der Waals surface area contributed by atoms with Crippen LogP contribution in [0.2, 0.25) is 0 Å². The molecule has 0 aliphatic carbocycles. The molecular weight excluding hydrogens is 232 g/mol. The van der Waals surface area contributed by atoms with E-state index in [0.717, 1.165) is 5.69 Å². The predicted molar refractivity (Wildman–Crippen MR) is 69.8 cm³/mol. The predicted octanol–water partition coefficient (Wildman–Crippen LogP) is 1.71. The van der Waals surface area contributed by atoms with Gasteiger partial charge in [-0.25, -0.2) is 0 Å². The van der Waals surface area contributed by atoms with Crippen molar-refractivity contribution >= 4 is 17.6 Å². The number of carboxylic acids is 1. The van der Waals surface area contributed by atoms with Crippen LogP contribution in [0.25, 0.3) is 0 Å². The molecule has 0 heterocycles. The smallest absolute Gasteiger partial charge is 0.303 e. The van der Waals surface area contributed by atoms with Crippen molar-refractivity contribution in [1.29, 1.82) is 0 Å². The lowest BCUT2D eigenvalue weighted by Gasteiger charge is -2.14. The molecule has 1 aromatic rings. The molecule has 0 aromatic heterocycles. The van der Waals surface area contributed by atoms with E-state index < -0.39 is 5.97 Å². The fourth-order valence-electron chi connectivity index (χ4n) is 1.56. The Hall–Kier alpha value is -2.04. The zero-order valence-corrected chi connectivity index (χ0v) is 10.6. The van der Waals surface area contributed by atoms with Gasteiger partial charge in [-0.3, -0.25) is 9.59 Å². The Bertz CT molecular complexity index is 415. The average molecular weight is 250 g/mol. The van der Waals surface area contributed by atoms with Gasteiger partial charge in [0.1, 0.15) is 0 Å². The molecule has 18 heavy (non-hydrogen) atoms. The molecule has 0 aliphatic heterocycles. The van der Waals surface area contributed by atoms with Gasteiger partial charge in [0.25, 0.3) is 5.91 Å². The number of amides is 1. The Morgan fingerprint density at radius 1 is 1.28 bits per heavy atom. The lowest BCUT2D eigenvalue weighted by Crippen LogP contribution is -2.18. The third kappa shape index (κ3) is 4.45. The minimum atomic E-state index is -0.793. The summed E-state index contributed by atoms with van der Waals surface area (Å²) in [6, 6.07) is 7.15. The van der Waals surface area contributed by atoms with Gasteiger partial charge in [-0.15, -0.1) is 0 Å². The molecule has 0 spiro atoms. The van der Waals surface area contributed by atoms with Gasteiger partial charge < -0.3 is 15.7 Å². The number of carboxylic acid groups (broad SMARTS) is 1. The molecule has 98 valence electrons. The average Bonchev–Trinajstić information content (AvgIpc) is 2.36. The Kier molecular flexibility index (Phi) is 5.17. The number of benzene rings is 1. The van der Waals surface area contributed by atoms with Crippen LogP contribution in [-0.4, -0.2) is 30.1 Å². The maximum absolute atomic E-state index is 11.3. The van der Waals surface area contributed by atoms with E-state index in [2.05, 4.69) is 10.6 Å². The number of carbonyl (C=O) groups excluding carboxylic acids is 1. The minimum Gasteiger partial charge on any atom is -0.481 e. The number of hydrogen-bond donors (Lipinski definition) is 3. The summed E-state index contributed by atoms with van der Waals surface area (Å²) < 4.78 is 0. The first kappa shape index (κ1) is 14.0. The lowest BCUT2D eigenvalue weighted by atomic mass is 10.1. The van der Waals surface area contributed by atoms with Crippen molar-refractivity contribution in [2.45, 2.75) is 25.8 Å². The van der Waals surface area contributed by atoms with Gasteiger partial charge in [0, 0.05) is 30.8 Å². The molecule has 1 atom stereocenters. The molecule has 1 unspecified atom stereocenters. The van der Waals surface area contributed by atoms with E-state index in [4.69, 9.17) is 5.11 Å². The zero-order chi connectivity index (χ0) is 13.5. The molecular formula is C13H18N2O3. The summed E-state index contributed by atoms with van der Waals surface area (Å²) in [4.78, 5) is 21.8. The third-order valence-corrected chi connectivity index (χ3v) is 2.58. The Morgan fingerprint density at radius 2 is 1.89 bits per heavy atom. The maximum atomic E-state index is 11.3. The van der Waals surface area contributed by atoms with Crippen LogP contribution in [0.15, 0.2) is 24.3 Å². The van der Waals surface area contributed by atoms with Gasteiger partial charge in [0.05, 0.1) is 0 Å². The van der Waals surface area contributed by atoms with Gasteiger partial charge in [0.15, 0.2) is 0 Å². The van der Waals surface area contributed by atoms with Crippen molar-refractivity contribution in [2.75, 3.05) is 12.4 Å². The van der Waals surface area contributed by atoms with E-state index in [9.17, 15) is 9.59 Å². The summed E-state index contributed by atoms with van der Waals surface area (Å²) in [6.07, 6.45) is 0.705. The standard InChI is InChI=1S/C13H18N2O3/c1-9(3-8-12(16)17)15-11-6-4-10(5-7-11)13(18)14-2/h4-7,9,15H,3,8H2,1-2H3,(H,14,18)(H,16,17). The third-order valence-electron chi connectivity index (χ3n) is 2.58. The minimum absolute atomic E-state index is 0.0759. The van der Waals surface area contributed by atoms with Crippen molar-refractivity contribution in [3.8, 4) is 0 Å². The van der Waals surface area contributed by atoms with E-state index in [0.29, 0.717) is 12.0 Å². The summed E-state index contributed by atoms with van der Waals surface area (Å²) in [6.45, 7) is 1.93. The van der Waals surface area contributed by atoms with Crippen molar-refractivity contribution in [2.24, 2.45) is 0 Å². The number of aliphatic carboxylic acids is 1. The number of nitrogens with one attached hydrogen (secondary N) is 2. The zero-order valence-electron chi connectivity index (χ0n) is 10.6. The largest absolute Gasteiger partial charge is 0.481 e. The summed E-state index contributed by atoms with van der Waals surface area (Å²) in [5.41, 5.74) is 1.47. The van der Waals surface area contributed by atoms with Crippen LogP contribution < -0.4 is 10.6 Å². The Morgan fingerprint density at radius 3 is 2.39 bits per heavy atom. The van der Waals surface area contributed by atoms with Crippen LogP contribution in [-0.2, 0) is 4.79 Å². The molecule has 5 nitrogen and oxygen atoms in total. The first-order valence-electron chi connectivity index (χ1n) is 5.83. The quantitative estimate of drug-likeness (QED) is 0.718. The van der Waals surface area contributed by atoms with E-state index in [-0.39, 0.29) is 18.4 Å². The Labute approximate surface area is 106 Å². The number of carbonyl (C=O) groups is 2. The second-order valence-corrected chi connectivity index (χ2v) is 4.13. The van der Waals surface area contributed by atoms with Crippen LogP contribution >= 0.6 is 0 Å². The van der Waals surface area contributed by atoms with Gasteiger partial charge in [-0.1, -0.05) is 0 Å². The fourth-order valence-corrected chi connectivity index (χ4v) is 1.56. The molecule has 0 bridgehead atoms. The van der Waals surface area contributed by atoms with Gasteiger partial charge in [0.2, 0.25) is 0 Å². The van der Waals surface area contributed by atoms with Crippen molar-refractivity contribution < 1.29 is 14.7 Å². The highest BCUT2D eigenvalue weighted by Crippen LogP contribution is 2.12. The number of hydrogen-bond acceptors (Lipinski definition) is 3. The molecule has 0 radical (unpaired) electrons. The highest BCUT2D eigenvalue weighted by atomic mass is 16.4. The highest BCUT2D eigenvalue weighted by molar-refractivity contribution is 5.94. The topological polar surface area (TPSA) is 78.4 Å². The SMILES string of the molecule is CNC(=O)c1ccc(NC(C)CCC(=O)O)cc1. The summed E-state index contributed by atoms with van der Waals surface area (Å²) in [5.74, 6) is -0.918. The number of anilines is 1. The van der Waals surface area contributed by atoms with Gasteiger partial charge in [-0.05, 0) is 37.6 Å². The van der Waals surface area contributed by atoms with Crippen LogP contribution in [0.1, 0.15) is 30.1 Å². The van der Waals surface area contributed by atoms with Crippen molar-refractivity contribution in [3.05, 3.63) is 29.8 Å². The first-order valence-corrected chi connectivity index (χ1v) is 5.83. The molecule has 0 saturated heterocycles. The monoisotopic (exact) mass is 250 g/mol. The molecule has 1 amide bonds. The van der Waals surface area contributed by atoms with Crippen LogP contribution in [0.4, 0.5) is 5.69 Å². The van der Waals surface area contributed by atoms with Crippen molar-refractivity contribution in [1.82, 2.24) is 5.32 Å². The molecule has 0 aliphatic rings. The van der Waals surface area contributed by atoms with Gasteiger partial charge in [-0.2, -0.15) is 0 Å². The van der Waals surface area contributed by atoms with Gasteiger partial charge >= 0.3 is 5.97 Å². The highest BCUT2D eigenvalue weighted by Gasteiger charge is 2.06. The second-order valence-electron chi connectivity index (χ2n) is 4.13.